The Morgan fingerprint density at radius 1 is 1.61 bits per heavy atom. The van der Waals surface area contributed by atoms with Gasteiger partial charge in [0, 0.05) is 13.0 Å². The van der Waals surface area contributed by atoms with Gasteiger partial charge >= 0.3 is 5.97 Å². The number of amides is 1. The van der Waals surface area contributed by atoms with Crippen molar-refractivity contribution in [1.29, 1.82) is 0 Å². The second-order valence-electron chi connectivity index (χ2n) is 4.74. The summed E-state index contributed by atoms with van der Waals surface area (Å²) < 4.78 is 5.16. The fourth-order valence-corrected chi connectivity index (χ4v) is 2.37. The van der Waals surface area contributed by atoms with Crippen molar-refractivity contribution < 1.29 is 19.1 Å². The van der Waals surface area contributed by atoms with Crippen LogP contribution in [0.1, 0.15) is 42.3 Å². The van der Waals surface area contributed by atoms with E-state index in [4.69, 9.17) is 9.52 Å². The first kappa shape index (κ1) is 12.7. The number of carboxylic acids is 1. The normalized spacial score (nSPS) is 19.5. The molecule has 1 saturated heterocycles. The standard InChI is InChI=1S/C13H17NO4/c1-2-3-9-4-12(15)14(6-9)7-11-5-10(8-18-11)13(16)17/h5,8-9H,2-4,6-7H2,1H3,(H,16,17). The zero-order valence-corrected chi connectivity index (χ0v) is 10.4. The Balaban J connectivity index is 1.96. The number of hydrogen-bond donors (Lipinski definition) is 1. The molecule has 1 aliphatic heterocycles. The molecule has 1 N–H and O–H groups in total. The Hall–Kier alpha value is -1.78. The molecule has 5 heteroatoms. The van der Waals surface area contributed by atoms with E-state index >= 15 is 0 Å². The SMILES string of the molecule is CCCC1CC(=O)N(Cc2cc(C(=O)O)co2)C1. The third-order valence-corrected chi connectivity index (χ3v) is 3.24. The van der Waals surface area contributed by atoms with Crippen LogP contribution in [0.3, 0.4) is 0 Å². The molecular weight excluding hydrogens is 234 g/mol. The van der Waals surface area contributed by atoms with Crippen LogP contribution < -0.4 is 0 Å². The number of nitrogens with zero attached hydrogens (tertiary/aromatic N) is 1. The fraction of sp³-hybridized carbons (Fsp3) is 0.538. The van der Waals surface area contributed by atoms with Gasteiger partial charge in [-0.2, -0.15) is 0 Å². The van der Waals surface area contributed by atoms with Crippen LogP contribution in [-0.4, -0.2) is 28.4 Å². The van der Waals surface area contributed by atoms with Gasteiger partial charge in [-0.15, -0.1) is 0 Å². The van der Waals surface area contributed by atoms with E-state index in [1.165, 1.54) is 12.3 Å². The molecule has 0 radical (unpaired) electrons. The number of carboxylic acid groups (broad SMARTS) is 1. The van der Waals surface area contributed by atoms with Crippen LogP contribution >= 0.6 is 0 Å². The Kier molecular flexibility index (Phi) is 3.69. The van der Waals surface area contributed by atoms with Crippen molar-refractivity contribution >= 4 is 11.9 Å². The molecule has 0 spiro atoms. The third kappa shape index (κ3) is 2.72. The molecule has 1 atom stereocenters. The maximum atomic E-state index is 11.8. The number of aromatic carboxylic acids is 1. The lowest BCUT2D eigenvalue weighted by Crippen LogP contribution is -2.24. The number of carbonyl (C=O) groups excluding carboxylic acids is 1. The molecule has 0 aliphatic carbocycles. The molecular formula is C13H17NO4. The molecule has 98 valence electrons. The minimum absolute atomic E-state index is 0.127. The fourth-order valence-electron chi connectivity index (χ4n) is 2.37. The van der Waals surface area contributed by atoms with E-state index in [0.29, 0.717) is 24.6 Å². The molecule has 1 amide bonds. The monoisotopic (exact) mass is 251 g/mol. The summed E-state index contributed by atoms with van der Waals surface area (Å²) in [5.74, 6) is 0.0673. The summed E-state index contributed by atoms with van der Waals surface area (Å²) in [6.45, 7) is 3.22. The molecule has 0 bridgehead atoms. The molecule has 2 rings (SSSR count). The minimum Gasteiger partial charge on any atom is -0.478 e. The van der Waals surface area contributed by atoms with Crippen LogP contribution in [0, 0.1) is 5.92 Å². The zero-order valence-electron chi connectivity index (χ0n) is 10.4. The Morgan fingerprint density at radius 3 is 3.00 bits per heavy atom. The van der Waals surface area contributed by atoms with Gasteiger partial charge in [0.15, 0.2) is 0 Å². The van der Waals surface area contributed by atoms with E-state index in [1.807, 2.05) is 0 Å². The van der Waals surface area contributed by atoms with E-state index in [1.54, 1.807) is 4.90 Å². The van der Waals surface area contributed by atoms with Crippen molar-refractivity contribution in [3.63, 3.8) is 0 Å². The van der Waals surface area contributed by atoms with Gasteiger partial charge in [-0.05, 0) is 18.4 Å². The van der Waals surface area contributed by atoms with Crippen molar-refractivity contribution in [2.45, 2.75) is 32.7 Å². The third-order valence-electron chi connectivity index (χ3n) is 3.24. The van der Waals surface area contributed by atoms with Gasteiger partial charge in [-0.1, -0.05) is 13.3 Å². The lowest BCUT2D eigenvalue weighted by molar-refractivity contribution is -0.128. The van der Waals surface area contributed by atoms with Crippen LogP contribution in [0.25, 0.3) is 0 Å². The topological polar surface area (TPSA) is 70.8 Å². The average molecular weight is 251 g/mol. The average Bonchev–Trinajstić information content (AvgIpc) is 2.88. The molecule has 1 aromatic heterocycles. The van der Waals surface area contributed by atoms with Gasteiger partial charge in [0.2, 0.25) is 5.91 Å². The predicted octanol–water partition coefficient (Wildman–Crippen LogP) is 2.13. The molecule has 0 aromatic carbocycles. The highest BCUT2D eigenvalue weighted by molar-refractivity contribution is 5.87. The van der Waals surface area contributed by atoms with E-state index in [2.05, 4.69) is 6.92 Å². The van der Waals surface area contributed by atoms with Crippen LogP contribution in [0.4, 0.5) is 0 Å². The Bertz CT molecular complexity index is 452. The highest BCUT2D eigenvalue weighted by atomic mass is 16.4. The Morgan fingerprint density at radius 2 is 2.39 bits per heavy atom. The van der Waals surface area contributed by atoms with Crippen molar-refractivity contribution in [3.8, 4) is 0 Å². The van der Waals surface area contributed by atoms with Crippen LogP contribution in [0.15, 0.2) is 16.7 Å². The van der Waals surface area contributed by atoms with E-state index in [-0.39, 0.29) is 11.5 Å². The molecule has 1 aliphatic rings. The summed E-state index contributed by atoms with van der Waals surface area (Å²) >= 11 is 0. The predicted molar refractivity (Wildman–Crippen MR) is 64.1 cm³/mol. The highest BCUT2D eigenvalue weighted by Gasteiger charge is 2.29. The second-order valence-corrected chi connectivity index (χ2v) is 4.74. The lowest BCUT2D eigenvalue weighted by Gasteiger charge is -2.14. The zero-order chi connectivity index (χ0) is 13.1. The first-order valence-electron chi connectivity index (χ1n) is 6.18. The maximum Gasteiger partial charge on any atom is 0.338 e. The summed E-state index contributed by atoms with van der Waals surface area (Å²) in [4.78, 5) is 24.2. The molecule has 1 unspecified atom stereocenters. The van der Waals surface area contributed by atoms with E-state index < -0.39 is 5.97 Å². The van der Waals surface area contributed by atoms with Gasteiger partial charge < -0.3 is 14.4 Å². The maximum absolute atomic E-state index is 11.8. The van der Waals surface area contributed by atoms with Crippen molar-refractivity contribution in [2.75, 3.05) is 6.54 Å². The molecule has 5 nitrogen and oxygen atoms in total. The van der Waals surface area contributed by atoms with Crippen molar-refractivity contribution in [3.05, 3.63) is 23.7 Å². The Labute approximate surface area is 105 Å². The van der Waals surface area contributed by atoms with E-state index in [0.717, 1.165) is 19.4 Å². The molecule has 0 saturated carbocycles. The molecule has 2 heterocycles. The van der Waals surface area contributed by atoms with E-state index in [9.17, 15) is 9.59 Å². The van der Waals surface area contributed by atoms with Crippen molar-refractivity contribution in [2.24, 2.45) is 5.92 Å². The van der Waals surface area contributed by atoms with Gasteiger partial charge in [0.05, 0.1) is 12.1 Å². The van der Waals surface area contributed by atoms with Crippen LogP contribution in [-0.2, 0) is 11.3 Å². The van der Waals surface area contributed by atoms with Gasteiger partial charge in [0.25, 0.3) is 0 Å². The number of carbonyl (C=O) groups is 2. The quantitative estimate of drug-likeness (QED) is 0.870. The number of furan rings is 1. The minimum atomic E-state index is -1.01. The summed E-state index contributed by atoms with van der Waals surface area (Å²) in [6.07, 6.45) is 3.94. The van der Waals surface area contributed by atoms with Gasteiger partial charge in [-0.3, -0.25) is 4.79 Å². The van der Waals surface area contributed by atoms with Crippen molar-refractivity contribution in [1.82, 2.24) is 4.90 Å². The van der Waals surface area contributed by atoms with Crippen LogP contribution in [0.2, 0.25) is 0 Å². The summed E-state index contributed by atoms with van der Waals surface area (Å²) in [5.41, 5.74) is 0.127. The number of rotatable bonds is 5. The first-order valence-corrected chi connectivity index (χ1v) is 6.18. The smallest absolute Gasteiger partial charge is 0.338 e. The summed E-state index contributed by atoms with van der Waals surface area (Å²) in [5, 5.41) is 8.78. The highest BCUT2D eigenvalue weighted by Crippen LogP contribution is 2.24. The summed E-state index contributed by atoms with van der Waals surface area (Å²) in [6, 6.07) is 1.47. The number of hydrogen-bond acceptors (Lipinski definition) is 3. The molecule has 1 aromatic rings. The van der Waals surface area contributed by atoms with Gasteiger partial charge in [-0.25, -0.2) is 4.79 Å². The second kappa shape index (κ2) is 5.25. The number of likely N-dealkylation sites (tertiary alicyclic amines) is 1. The summed E-state index contributed by atoms with van der Waals surface area (Å²) in [7, 11) is 0. The molecule has 1 fully saturated rings. The lowest BCUT2D eigenvalue weighted by atomic mass is 10.0. The van der Waals surface area contributed by atoms with Gasteiger partial charge in [0.1, 0.15) is 12.0 Å². The first-order chi connectivity index (χ1) is 8.60. The largest absolute Gasteiger partial charge is 0.478 e. The molecule has 18 heavy (non-hydrogen) atoms. The van der Waals surface area contributed by atoms with Crippen LogP contribution in [0.5, 0.6) is 0 Å².